The first-order valence-electron chi connectivity index (χ1n) is 6.43. The van der Waals surface area contributed by atoms with Gasteiger partial charge >= 0.3 is 0 Å². The van der Waals surface area contributed by atoms with Gasteiger partial charge in [0.2, 0.25) is 5.91 Å². The largest absolute Gasteiger partial charge is 0.381 e. The van der Waals surface area contributed by atoms with Gasteiger partial charge in [-0.25, -0.2) is 0 Å². The zero-order valence-electron chi connectivity index (χ0n) is 10.5. The number of carbonyl (C=O) groups is 1. The van der Waals surface area contributed by atoms with E-state index in [1.165, 1.54) is 0 Å². The SMILES string of the molecule is O=C(/C=C/c1ccccc1)NCC[C@H]1CCOC1. The summed E-state index contributed by atoms with van der Waals surface area (Å²) < 4.78 is 5.29. The van der Waals surface area contributed by atoms with Gasteiger partial charge < -0.3 is 10.1 Å². The third kappa shape index (κ3) is 4.34. The minimum atomic E-state index is -0.0298. The van der Waals surface area contributed by atoms with Crippen molar-refractivity contribution in [1.82, 2.24) is 5.32 Å². The molecule has 1 fully saturated rings. The van der Waals surface area contributed by atoms with Gasteiger partial charge in [-0.15, -0.1) is 0 Å². The Morgan fingerprint density at radius 1 is 1.39 bits per heavy atom. The lowest BCUT2D eigenvalue weighted by Gasteiger charge is -2.06. The van der Waals surface area contributed by atoms with Crippen LogP contribution in [0.1, 0.15) is 18.4 Å². The number of amides is 1. The molecule has 1 amide bonds. The molecule has 2 rings (SSSR count). The summed E-state index contributed by atoms with van der Waals surface area (Å²) in [6.45, 7) is 2.44. The van der Waals surface area contributed by atoms with E-state index in [1.807, 2.05) is 36.4 Å². The first kappa shape index (κ1) is 12.8. The molecule has 1 aromatic rings. The molecule has 1 heterocycles. The van der Waals surface area contributed by atoms with Gasteiger partial charge in [-0.1, -0.05) is 30.3 Å². The van der Waals surface area contributed by atoms with E-state index in [2.05, 4.69) is 5.32 Å². The number of carbonyl (C=O) groups excluding carboxylic acids is 1. The van der Waals surface area contributed by atoms with E-state index in [-0.39, 0.29) is 5.91 Å². The summed E-state index contributed by atoms with van der Waals surface area (Å²) in [7, 11) is 0. The first-order valence-corrected chi connectivity index (χ1v) is 6.43. The van der Waals surface area contributed by atoms with Crippen LogP contribution >= 0.6 is 0 Å². The Labute approximate surface area is 108 Å². The molecule has 3 nitrogen and oxygen atoms in total. The average Bonchev–Trinajstić information content (AvgIpc) is 2.91. The highest BCUT2D eigenvalue weighted by Crippen LogP contribution is 2.15. The van der Waals surface area contributed by atoms with Gasteiger partial charge in [-0.05, 0) is 30.4 Å². The van der Waals surface area contributed by atoms with Crippen LogP contribution in [0.2, 0.25) is 0 Å². The van der Waals surface area contributed by atoms with Gasteiger partial charge in [-0.3, -0.25) is 4.79 Å². The molecule has 96 valence electrons. The molecule has 0 aromatic heterocycles. The summed E-state index contributed by atoms with van der Waals surface area (Å²) in [6.07, 6.45) is 5.54. The third-order valence-corrected chi connectivity index (χ3v) is 3.10. The summed E-state index contributed by atoms with van der Waals surface area (Å²) >= 11 is 0. The van der Waals surface area contributed by atoms with Crippen LogP contribution in [0.5, 0.6) is 0 Å². The fraction of sp³-hybridized carbons (Fsp3) is 0.400. The maximum atomic E-state index is 11.6. The Balaban J connectivity index is 1.67. The van der Waals surface area contributed by atoms with Crippen molar-refractivity contribution in [2.24, 2.45) is 5.92 Å². The van der Waals surface area contributed by atoms with Crippen molar-refractivity contribution in [2.45, 2.75) is 12.8 Å². The summed E-state index contributed by atoms with van der Waals surface area (Å²) in [5, 5.41) is 2.90. The molecule has 1 aliphatic heterocycles. The minimum absolute atomic E-state index is 0.0298. The number of rotatable bonds is 5. The smallest absolute Gasteiger partial charge is 0.243 e. The summed E-state index contributed by atoms with van der Waals surface area (Å²) in [6, 6.07) is 9.82. The van der Waals surface area contributed by atoms with Crippen LogP contribution in [-0.4, -0.2) is 25.7 Å². The first-order chi connectivity index (χ1) is 8.84. The van der Waals surface area contributed by atoms with Crippen molar-refractivity contribution in [3.63, 3.8) is 0 Å². The zero-order chi connectivity index (χ0) is 12.6. The second kappa shape index (κ2) is 6.97. The van der Waals surface area contributed by atoms with Crippen LogP contribution in [0.15, 0.2) is 36.4 Å². The van der Waals surface area contributed by atoms with E-state index in [0.717, 1.165) is 38.2 Å². The molecule has 3 heteroatoms. The number of ether oxygens (including phenoxy) is 1. The Hall–Kier alpha value is -1.61. The predicted molar refractivity (Wildman–Crippen MR) is 72.0 cm³/mol. The van der Waals surface area contributed by atoms with E-state index in [1.54, 1.807) is 6.08 Å². The molecule has 0 spiro atoms. The van der Waals surface area contributed by atoms with E-state index in [4.69, 9.17) is 4.74 Å². The molecule has 18 heavy (non-hydrogen) atoms. The molecule has 0 radical (unpaired) electrons. The molecule has 0 saturated carbocycles. The number of benzene rings is 1. The van der Waals surface area contributed by atoms with Crippen LogP contribution in [0.4, 0.5) is 0 Å². The van der Waals surface area contributed by atoms with Gasteiger partial charge in [0.05, 0.1) is 0 Å². The highest BCUT2D eigenvalue weighted by atomic mass is 16.5. The summed E-state index contributed by atoms with van der Waals surface area (Å²) in [5.41, 5.74) is 1.04. The van der Waals surface area contributed by atoms with Gasteiger partial charge in [-0.2, -0.15) is 0 Å². The fourth-order valence-electron chi connectivity index (χ4n) is 2.01. The standard InChI is InChI=1S/C15H19NO2/c17-15(7-6-13-4-2-1-3-5-13)16-10-8-14-9-11-18-12-14/h1-7,14H,8-12H2,(H,16,17)/b7-6+/t14-/m0/s1. The lowest BCUT2D eigenvalue weighted by atomic mass is 10.1. The van der Waals surface area contributed by atoms with Crippen LogP contribution < -0.4 is 5.32 Å². The second-order valence-corrected chi connectivity index (χ2v) is 4.55. The Morgan fingerprint density at radius 2 is 2.22 bits per heavy atom. The van der Waals surface area contributed by atoms with Crippen LogP contribution in [-0.2, 0) is 9.53 Å². The maximum absolute atomic E-state index is 11.6. The fourth-order valence-corrected chi connectivity index (χ4v) is 2.01. The van der Waals surface area contributed by atoms with Crippen LogP contribution in [0, 0.1) is 5.92 Å². The zero-order valence-corrected chi connectivity index (χ0v) is 10.5. The lowest BCUT2D eigenvalue weighted by molar-refractivity contribution is -0.116. The molecule has 1 atom stereocenters. The predicted octanol–water partition coefficient (Wildman–Crippen LogP) is 2.24. The van der Waals surface area contributed by atoms with E-state index in [9.17, 15) is 4.79 Å². The minimum Gasteiger partial charge on any atom is -0.381 e. The molecule has 1 aromatic carbocycles. The molecule has 1 aliphatic rings. The highest BCUT2D eigenvalue weighted by Gasteiger charge is 2.14. The Morgan fingerprint density at radius 3 is 2.94 bits per heavy atom. The van der Waals surface area contributed by atoms with E-state index in [0.29, 0.717) is 5.92 Å². The molecule has 1 saturated heterocycles. The van der Waals surface area contributed by atoms with E-state index >= 15 is 0 Å². The number of hydrogen-bond donors (Lipinski definition) is 1. The summed E-state index contributed by atoms with van der Waals surface area (Å²) in [4.78, 5) is 11.6. The Bertz CT molecular complexity index is 394. The van der Waals surface area contributed by atoms with Crippen molar-refractivity contribution < 1.29 is 9.53 Å². The second-order valence-electron chi connectivity index (χ2n) is 4.55. The summed E-state index contributed by atoms with van der Waals surface area (Å²) in [5.74, 6) is 0.584. The van der Waals surface area contributed by atoms with Gasteiger partial charge in [0.1, 0.15) is 0 Å². The number of hydrogen-bond acceptors (Lipinski definition) is 2. The quantitative estimate of drug-likeness (QED) is 0.808. The lowest BCUT2D eigenvalue weighted by Crippen LogP contribution is -2.24. The molecular formula is C15H19NO2. The van der Waals surface area contributed by atoms with Gasteiger partial charge in [0, 0.05) is 25.8 Å². The van der Waals surface area contributed by atoms with E-state index < -0.39 is 0 Å². The number of nitrogens with one attached hydrogen (secondary N) is 1. The van der Waals surface area contributed by atoms with Crippen LogP contribution in [0.25, 0.3) is 6.08 Å². The van der Waals surface area contributed by atoms with Crippen molar-refractivity contribution in [3.05, 3.63) is 42.0 Å². The van der Waals surface area contributed by atoms with Crippen LogP contribution in [0.3, 0.4) is 0 Å². The van der Waals surface area contributed by atoms with Gasteiger partial charge in [0.15, 0.2) is 0 Å². The molecule has 1 N–H and O–H groups in total. The van der Waals surface area contributed by atoms with Crippen molar-refractivity contribution in [1.29, 1.82) is 0 Å². The maximum Gasteiger partial charge on any atom is 0.243 e. The van der Waals surface area contributed by atoms with Crippen molar-refractivity contribution in [2.75, 3.05) is 19.8 Å². The molecule has 0 bridgehead atoms. The van der Waals surface area contributed by atoms with Gasteiger partial charge in [0.25, 0.3) is 0 Å². The molecular weight excluding hydrogens is 226 g/mol. The molecule has 0 unspecified atom stereocenters. The topological polar surface area (TPSA) is 38.3 Å². The molecule has 0 aliphatic carbocycles. The average molecular weight is 245 g/mol. The third-order valence-electron chi connectivity index (χ3n) is 3.10. The van der Waals surface area contributed by atoms with Crippen molar-refractivity contribution in [3.8, 4) is 0 Å². The monoisotopic (exact) mass is 245 g/mol. The normalized spacial score (nSPS) is 19.2. The van der Waals surface area contributed by atoms with Crippen molar-refractivity contribution >= 4 is 12.0 Å². The highest BCUT2D eigenvalue weighted by molar-refractivity contribution is 5.91. The Kier molecular flexibility index (Phi) is 4.97.